The van der Waals surface area contributed by atoms with E-state index in [1.165, 1.54) is 12.1 Å². The number of amides is 1. The third kappa shape index (κ3) is 3.65. The highest BCUT2D eigenvalue weighted by Gasteiger charge is 2.49. The minimum Gasteiger partial charge on any atom is -0.448 e. The molecule has 1 N–H and O–H groups in total. The number of hydrogen-bond donors (Lipinski definition) is 1. The lowest BCUT2D eigenvalue weighted by Crippen LogP contribution is -2.62. The summed E-state index contributed by atoms with van der Waals surface area (Å²) in [5.74, 6) is -0.704. The molecule has 2 fully saturated rings. The highest BCUT2D eigenvalue weighted by atomic mass is 19.1. The summed E-state index contributed by atoms with van der Waals surface area (Å²) in [5, 5.41) is 20.5. The monoisotopic (exact) mass is 484 g/mol. The Morgan fingerprint density at radius 1 is 1.06 bits per heavy atom. The van der Waals surface area contributed by atoms with Gasteiger partial charge in [-0.15, -0.1) is 0 Å². The van der Waals surface area contributed by atoms with E-state index >= 15 is 0 Å². The van der Waals surface area contributed by atoms with Gasteiger partial charge in [-0.1, -0.05) is 54.6 Å². The molecule has 0 aromatic heterocycles. The van der Waals surface area contributed by atoms with Gasteiger partial charge in [-0.3, -0.25) is 4.90 Å². The van der Waals surface area contributed by atoms with Crippen LogP contribution < -0.4 is 0 Å². The number of halogens is 1. The number of piperidine rings is 1. The van der Waals surface area contributed by atoms with Gasteiger partial charge in [-0.2, -0.15) is 5.26 Å². The lowest BCUT2D eigenvalue weighted by atomic mass is 9.77. The van der Waals surface area contributed by atoms with Crippen molar-refractivity contribution in [2.45, 2.75) is 36.4 Å². The third-order valence-electron chi connectivity index (χ3n) is 7.73. The summed E-state index contributed by atoms with van der Waals surface area (Å²) in [6.07, 6.45) is -0.0406. The van der Waals surface area contributed by atoms with E-state index in [1.54, 1.807) is 17.0 Å². The van der Waals surface area contributed by atoms with Gasteiger partial charge in [0, 0.05) is 18.8 Å². The summed E-state index contributed by atoms with van der Waals surface area (Å²) in [7, 11) is 0. The van der Waals surface area contributed by atoms with Crippen LogP contribution in [0.5, 0.6) is 0 Å². The summed E-state index contributed by atoms with van der Waals surface area (Å²) in [4.78, 5) is 15.0. The van der Waals surface area contributed by atoms with E-state index in [9.17, 15) is 14.3 Å². The summed E-state index contributed by atoms with van der Waals surface area (Å²) in [6.45, 7) is 0.748. The molecule has 2 unspecified atom stereocenters. The first-order valence-electron chi connectivity index (χ1n) is 12.1. The van der Waals surface area contributed by atoms with Gasteiger partial charge in [0.2, 0.25) is 0 Å². The SMILES string of the molecule is N#Cc1ccc(C2(O)CC3COCC(C2)N3C(=O)OCC2c3ccccc3-c3ccccc32)cc1F. The van der Waals surface area contributed by atoms with Crippen LogP contribution in [0.25, 0.3) is 11.1 Å². The second-order valence-corrected chi connectivity index (χ2v) is 9.80. The van der Waals surface area contributed by atoms with Crippen molar-refractivity contribution in [1.29, 1.82) is 5.26 Å². The number of rotatable bonds is 3. The second kappa shape index (κ2) is 8.74. The number of benzene rings is 3. The van der Waals surface area contributed by atoms with Crippen LogP contribution in [-0.2, 0) is 15.1 Å². The lowest BCUT2D eigenvalue weighted by molar-refractivity contribution is -0.136. The van der Waals surface area contributed by atoms with Gasteiger partial charge in [0.15, 0.2) is 0 Å². The maximum Gasteiger partial charge on any atom is 0.410 e. The average molecular weight is 485 g/mol. The van der Waals surface area contributed by atoms with E-state index in [-0.39, 0.29) is 44.1 Å². The first-order chi connectivity index (χ1) is 17.5. The van der Waals surface area contributed by atoms with E-state index < -0.39 is 29.6 Å². The predicted octanol–water partition coefficient (Wildman–Crippen LogP) is 4.70. The molecular weight excluding hydrogens is 459 g/mol. The average Bonchev–Trinajstić information content (AvgIpc) is 3.20. The number of nitriles is 1. The third-order valence-corrected chi connectivity index (χ3v) is 7.73. The van der Waals surface area contributed by atoms with Crippen molar-refractivity contribution in [3.8, 4) is 17.2 Å². The van der Waals surface area contributed by atoms with Crippen molar-refractivity contribution < 1.29 is 23.8 Å². The lowest BCUT2D eigenvalue weighted by Gasteiger charge is -2.51. The van der Waals surface area contributed by atoms with Crippen molar-refractivity contribution in [2.24, 2.45) is 0 Å². The van der Waals surface area contributed by atoms with Crippen LogP contribution in [0, 0.1) is 17.1 Å². The summed E-state index contributed by atoms with van der Waals surface area (Å²) < 4.78 is 25.9. The highest BCUT2D eigenvalue weighted by Crippen LogP contribution is 2.45. The zero-order valence-corrected chi connectivity index (χ0v) is 19.6. The molecule has 2 saturated heterocycles. The Morgan fingerprint density at radius 3 is 2.25 bits per heavy atom. The molecule has 2 bridgehead atoms. The predicted molar refractivity (Wildman–Crippen MR) is 130 cm³/mol. The van der Waals surface area contributed by atoms with Gasteiger partial charge >= 0.3 is 6.09 Å². The van der Waals surface area contributed by atoms with Crippen LogP contribution in [0.4, 0.5) is 9.18 Å². The molecule has 7 heteroatoms. The van der Waals surface area contributed by atoms with E-state index in [0.29, 0.717) is 5.56 Å². The Bertz CT molecular complexity index is 1320. The standard InChI is InChI=1S/C29H25FN2O4/c30-27-11-19(10-9-18(27)14-31)29(34)12-20-15-35-16-21(13-29)32(20)28(33)36-17-26-24-7-3-1-5-22(24)23-6-2-4-8-25(23)26/h1-11,20-21,26,34H,12-13,15-17H2. The van der Waals surface area contributed by atoms with Gasteiger partial charge in [-0.05, 0) is 39.9 Å². The zero-order chi connectivity index (χ0) is 24.9. The number of carbonyl (C=O) groups is 1. The fraction of sp³-hybridized carbons (Fsp3) is 0.310. The summed E-state index contributed by atoms with van der Waals surface area (Å²) in [6, 6.07) is 21.5. The quantitative estimate of drug-likeness (QED) is 0.583. The van der Waals surface area contributed by atoms with Crippen LogP contribution in [-0.4, -0.2) is 48.0 Å². The minimum atomic E-state index is -1.33. The molecule has 0 radical (unpaired) electrons. The molecule has 6 nitrogen and oxygen atoms in total. The first-order valence-corrected chi connectivity index (χ1v) is 12.1. The van der Waals surface area contributed by atoms with Crippen LogP contribution >= 0.6 is 0 Å². The van der Waals surface area contributed by atoms with Crippen LogP contribution in [0.15, 0.2) is 66.7 Å². The Balaban J connectivity index is 1.20. The molecule has 0 saturated carbocycles. The number of nitrogens with zero attached hydrogens (tertiary/aromatic N) is 2. The summed E-state index contributed by atoms with van der Waals surface area (Å²) >= 11 is 0. The van der Waals surface area contributed by atoms with E-state index in [2.05, 4.69) is 24.3 Å². The Morgan fingerprint density at radius 2 is 1.67 bits per heavy atom. The van der Waals surface area contributed by atoms with Gasteiger partial charge in [0.25, 0.3) is 0 Å². The second-order valence-electron chi connectivity index (χ2n) is 9.80. The molecule has 3 aromatic rings. The zero-order valence-electron chi connectivity index (χ0n) is 19.6. The largest absolute Gasteiger partial charge is 0.448 e. The first kappa shape index (κ1) is 22.7. The molecule has 6 rings (SSSR count). The fourth-order valence-corrected chi connectivity index (χ4v) is 6.07. The van der Waals surface area contributed by atoms with Crippen LogP contribution in [0.2, 0.25) is 0 Å². The Labute approximate surface area is 208 Å². The van der Waals surface area contributed by atoms with Crippen LogP contribution in [0.3, 0.4) is 0 Å². The molecule has 2 atom stereocenters. The van der Waals surface area contributed by atoms with E-state index in [0.717, 1.165) is 22.3 Å². The van der Waals surface area contributed by atoms with E-state index in [1.807, 2.05) is 24.3 Å². The van der Waals surface area contributed by atoms with Crippen molar-refractivity contribution in [1.82, 2.24) is 4.90 Å². The van der Waals surface area contributed by atoms with Crippen molar-refractivity contribution >= 4 is 6.09 Å². The van der Waals surface area contributed by atoms with Gasteiger partial charge in [0.05, 0.1) is 36.5 Å². The number of morpholine rings is 1. The van der Waals surface area contributed by atoms with Crippen LogP contribution in [0.1, 0.15) is 41.0 Å². The van der Waals surface area contributed by atoms with Gasteiger partial charge in [-0.25, -0.2) is 9.18 Å². The van der Waals surface area contributed by atoms with Crippen molar-refractivity contribution in [3.05, 3.63) is 94.8 Å². The molecule has 1 amide bonds. The molecule has 0 spiro atoms. The number of hydrogen-bond acceptors (Lipinski definition) is 5. The molecule has 1 aliphatic carbocycles. The topological polar surface area (TPSA) is 82.8 Å². The molecule has 3 aliphatic rings. The summed E-state index contributed by atoms with van der Waals surface area (Å²) in [5.41, 5.74) is 3.63. The van der Waals surface area contributed by atoms with Gasteiger partial charge < -0.3 is 14.6 Å². The Hall–Kier alpha value is -3.73. The number of aliphatic hydroxyl groups is 1. The molecular formula is C29H25FN2O4. The van der Waals surface area contributed by atoms with E-state index in [4.69, 9.17) is 14.7 Å². The van der Waals surface area contributed by atoms with Crippen molar-refractivity contribution in [3.63, 3.8) is 0 Å². The molecule has 182 valence electrons. The van der Waals surface area contributed by atoms with Crippen molar-refractivity contribution in [2.75, 3.05) is 19.8 Å². The fourth-order valence-electron chi connectivity index (χ4n) is 6.07. The maximum atomic E-state index is 14.3. The molecule has 2 aliphatic heterocycles. The smallest absolute Gasteiger partial charge is 0.410 e. The molecule has 36 heavy (non-hydrogen) atoms. The number of fused-ring (bicyclic) bond motifs is 5. The normalized spacial score (nSPS) is 24.5. The number of ether oxygens (including phenoxy) is 2. The minimum absolute atomic E-state index is 0.0409. The highest BCUT2D eigenvalue weighted by molar-refractivity contribution is 5.79. The molecule has 2 heterocycles. The van der Waals surface area contributed by atoms with Gasteiger partial charge in [0.1, 0.15) is 18.5 Å². The number of carbonyl (C=O) groups excluding carboxylic acids is 1. The Kier molecular flexibility index (Phi) is 5.51. The molecule has 3 aromatic carbocycles. The maximum absolute atomic E-state index is 14.3.